The summed E-state index contributed by atoms with van der Waals surface area (Å²) in [6, 6.07) is 4.78. The molecule has 0 fully saturated rings. The number of halogens is 1. The van der Waals surface area contributed by atoms with E-state index in [4.69, 9.17) is 11.0 Å². The number of nitrogens with one attached hydrogen (secondary N) is 1. The van der Waals surface area contributed by atoms with Crippen LogP contribution in [0.3, 0.4) is 0 Å². The molecule has 78 valence electrons. The molecule has 1 aromatic carbocycles. The largest absolute Gasteiger partial charge is 0.325 e. The minimum Gasteiger partial charge on any atom is -0.325 e. The number of nitrogens with zero attached hydrogens (tertiary/aromatic N) is 1. The number of carbonyl (C=O) groups is 1. The zero-order valence-electron chi connectivity index (χ0n) is 8.12. The van der Waals surface area contributed by atoms with E-state index in [2.05, 4.69) is 5.32 Å². The van der Waals surface area contributed by atoms with Crippen LogP contribution >= 0.6 is 0 Å². The molecule has 1 aromatic rings. The van der Waals surface area contributed by atoms with E-state index in [1.165, 1.54) is 19.1 Å². The van der Waals surface area contributed by atoms with Crippen LogP contribution in [0.5, 0.6) is 0 Å². The average molecular weight is 207 g/mol. The summed E-state index contributed by atoms with van der Waals surface area (Å²) in [6.45, 7) is 1.53. The third kappa shape index (κ3) is 2.76. The van der Waals surface area contributed by atoms with Gasteiger partial charge in [-0.3, -0.25) is 4.79 Å². The highest BCUT2D eigenvalue weighted by Gasteiger charge is 2.09. The minimum absolute atomic E-state index is 0.113. The van der Waals surface area contributed by atoms with Gasteiger partial charge in [-0.15, -0.1) is 0 Å². The van der Waals surface area contributed by atoms with Gasteiger partial charge in [-0.1, -0.05) is 0 Å². The number of carbonyl (C=O) groups excluding carboxylic acids is 1. The van der Waals surface area contributed by atoms with Crippen LogP contribution in [0.15, 0.2) is 18.2 Å². The maximum atomic E-state index is 12.9. The summed E-state index contributed by atoms with van der Waals surface area (Å²) in [5.74, 6) is -0.998. The lowest BCUT2D eigenvalue weighted by molar-refractivity contribution is -0.117. The topological polar surface area (TPSA) is 78.9 Å². The molecule has 0 saturated carbocycles. The van der Waals surface area contributed by atoms with Crippen molar-refractivity contribution in [1.29, 1.82) is 5.26 Å². The number of nitriles is 1. The fraction of sp³-hybridized carbons (Fsp3) is 0.200. The lowest BCUT2D eigenvalue weighted by Gasteiger charge is -2.07. The Morgan fingerprint density at radius 2 is 2.33 bits per heavy atom. The number of rotatable bonds is 2. The van der Waals surface area contributed by atoms with Gasteiger partial charge in [-0.05, 0) is 25.1 Å². The Labute approximate surface area is 86.5 Å². The zero-order valence-corrected chi connectivity index (χ0v) is 8.12. The Morgan fingerprint density at radius 1 is 1.67 bits per heavy atom. The van der Waals surface area contributed by atoms with Crippen molar-refractivity contribution in [3.8, 4) is 6.07 Å². The van der Waals surface area contributed by atoms with Gasteiger partial charge in [-0.25, -0.2) is 4.39 Å². The predicted octanol–water partition coefficient (Wildman–Crippen LogP) is 0.983. The second-order valence-corrected chi connectivity index (χ2v) is 3.08. The van der Waals surface area contributed by atoms with Gasteiger partial charge in [0.15, 0.2) is 0 Å². The first-order valence-corrected chi connectivity index (χ1v) is 4.30. The van der Waals surface area contributed by atoms with E-state index in [9.17, 15) is 9.18 Å². The number of hydrogen-bond donors (Lipinski definition) is 2. The minimum atomic E-state index is -0.652. The third-order valence-electron chi connectivity index (χ3n) is 1.77. The monoisotopic (exact) mass is 207 g/mol. The van der Waals surface area contributed by atoms with Gasteiger partial charge in [0, 0.05) is 5.69 Å². The molecule has 0 aromatic heterocycles. The lowest BCUT2D eigenvalue weighted by Crippen LogP contribution is -2.32. The molecule has 0 bridgehead atoms. The molecule has 0 saturated heterocycles. The molecule has 1 amide bonds. The molecule has 0 heterocycles. The summed E-state index contributed by atoms with van der Waals surface area (Å²) in [5, 5.41) is 11.0. The summed E-state index contributed by atoms with van der Waals surface area (Å²) in [7, 11) is 0. The lowest BCUT2D eigenvalue weighted by atomic mass is 10.2. The molecule has 0 unspecified atom stereocenters. The molecule has 1 rings (SSSR count). The van der Waals surface area contributed by atoms with Gasteiger partial charge in [0.2, 0.25) is 5.91 Å². The smallest absolute Gasteiger partial charge is 0.240 e. The first-order valence-electron chi connectivity index (χ1n) is 4.30. The van der Waals surface area contributed by atoms with Crippen LogP contribution in [0.1, 0.15) is 12.5 Å². The normalized spacial score (nSPS) is 11.6. The van der Waals surface area contributed by atoms with Crippen molar-refractivity contribution in [3.63, 3.8) is 0 Å². The van der Waals surface area contributed by atoms with Gasteiger partial charge in [0.25, 0.3) is 0 Å². The highest BCUT2D eigenvalue weighted by Crippen LogP contribution is 2.13. The Morgan fingerprint density at radius 3 is 2.87 bits per heavy atom. The number of benzene rings is 1. The third-order valence-corrected chi connectivity index (χ3v) is 1.77. The summed E-state index contributed by atoms with van der Waals surface area (Å²) in [5.41, 5.74) is 5.58. The van der Waals surface area contributed by atoms with Crippen molar-refractivity contribution < 1.29 is 9.18 Å². The fourth-order valence-electron chi connectivity index (χ4n) is 0.945. The van der Waals surface area contributed by atoms with Gasteiger partial charge in [-0.2, -0.15) is 5.26 Å². The molecular formula is C10H10FN3O. The Balaban J connectivity index is 2.89. The van der Waals surface area contributed by atoms with E-state index < -0.39 is 11.9 Å². The molecule has 0 radical (unpaired) electrons. The van der Waals surface area contributed by atoms with E-state index in [1.807, 2.05) is 0 Å². The first-order chi connectivity index (χ1) is 7.04. The Bertz CT molecular complexity index is 423. The summed E-state index contributed by atoms with van der Waals surface area (Å²) in [4.78, 5) is 11.2. The van der Waals surface area contributed by atoms with Gasteiger partial charge < -0.3 is 11.1 Å². The van der Waals surface area contributed by atoms with Crippen LogP contribution in [0.25, 0.3) is 0 Å². The number of amides is 1. The predicted molar refractivity (Wildman–Crippen MR) is 53.4 cm³/mol. The van der Waals surface area contributed by atoms with E-state index in [0.717, 1.165) is 6.07 Å². The molecule has 0 spiro atoms. The molecule has 4 nitrogen and oxygen atoms in total. The maximum Gasteiger partial charge on any atom is 0.240 e. The summed E-state index contributed by atoms with van der Waals surface area (Å²) in [6.07, 6.45) is 0. The van der Waals surface area contributed by atoms with Crippen LogP contribution in [0, 0.1) is 17.1 Å². The van der Waals surface area contributed by atoms with Crippen molar-refractivity contribution in [3.05, 3.63) is 29.6 Å². The van der Waals surface area contributed by atoms with Crippen LogP contribution in [-0.4, -0.2) is 11.9 Å². The molecule has 0 aliphatic heterocycles. The maximum absolute atomic E-state index is 12.9. The molecular weight excluding hydrogens is 197 g/mol. The standard InChI is InChI=1S/C10H10FN3O/c1-6(13)10(15)14-8-2-3-9(11)7(4-8)5-12/h2-4,6H,13H2,1H3,(H,14,15)/t6-/m0/s1. The van der Waals surface area contributed by atoms with Gasteiger partial charge in [0.1, 0.15) is 11.9 Å². The number of nitrogens with two attached hydrogens (primary N) is 1. The quantitative estimate of drug-likeness (QED) is 0.758. The molecule has 15 heavy (non-hydrogen) atoms. The zero-order chi connectivity index (χ0) is 11.4. The molecule has 0 aliphatic carbocycles. The fourth-order valence-corrected chi connectivity index (χ4v) is 0.945. The second-order valence-electron chi connectivity index (χ2n) is 3.08. The molecule has 5 heteroatoms. The van der Waals surface area contributed by atoms with E-state index in [1.54, 1.807) is 6.07 Å². The van der Waals surface area contributed by atoms with Crippen LogP contribution < -0.4 is 11.1 Å². The number of hydrogen-bond acceptors (Lipinski definition) is 3. The van der Waals surface area contributed by atoms with Crippen molar-refractivity contribution in [2.45, 2.75) is 13.0 Å². The van der Waals surface area contributed by atoms with Crippen molar-refractivity contribution in [1.82, 2.24) is 0 Å². The number of anilines is 1. The molecule has 1 atom stereocenters. The summed E-state index contributed by atoms with van der Waals surface area (Å²) < 4.78 is 12.9. The van der Waals surface area contributed by atoms with Gasteiger partial charge >= 0.3 is 0 Å². The average Bonchev–Trinajstić information content (AvgIpc) is 2.20. The highest BCUT2D eigenvalue weighted by molar-refractivity contribution is 5.94. The van der Waals surface area contributed by atoms with E-state index >= 15 is 0 Å². The summed E-state index contributed by atoms with van der Waals surface area (Å²) >= 11 is 0. The highest BCUT2D eigenvalue weighted by atomic mass is 19.1. The second kappa shape index (κ2) is 4.53. The van der Waals surface area contributed by atoms with Crippen molar-refractivity contribution >= 4 is 11.6 Å². The van der Waals surface area contributed by atoms with E-state index in [0.29, 0.717) is 5.69 Å². The molecule has 0 aliphatic rings. The van der Waals surface area contributed by atoms with E-state index in [-0.39, 0.29) is 11.5 Å². The van der Waals surface area contributed by atoms with Crippen LogP contribution in [-0.2, 0) is 4.79 Å². The SMILES string of the molecule is C[C@H](N)C(=O)Nc1ccc(F)c(C#N)c1. The molecule has 3 N–H and O–H groups in total. The Kier molecular flexibility index (Phi) is 3.37. The van der Waals surface area contributed by atoms with Crippen molar-refractivity contribution in [2.24, 2.45) is 5.73 Å². The van der Waals surface area contributed by atoms with Gasteiger partial charge in [0.05, 0.1) is 11.6 Å². The first kappa shape index (κ1) is 11.1. The van der Waals surface area contributed by atoms with Crippen LogP contribution in [0.2, 0.25) is 0 Å². The van der Waals surface area contributed by atoms with Crippen LogP contribution in [0.4, 0.5) is 10.1 Å². The Hall–Kier alpha value is -1.93. The van der Waals surface area contributed by atoms with Crippen molar-refractivity contribution in [2.75, 3.05) is 5.32 Å².